The van der Waals surface area contributed by atoms with E-state index in [2.05, 4.69) is 15.9 Å². The summed E-state index contributed by atoms with van der Waals surface area (Å²) in [6.07, 6.45) is 0.393. The monoisotopic (exact) mass is 376 g/mol. The van der Waals surface area contributed by atoms with Gasteiger partial charge in [0.25, 0.3) is 5.91 Å². The summed E-state index contributed by atoms with van der Waals surface area (Å²) in [6, 6.07) is 4.51. The summed E-state index contributed by atoms with van der Waals surface area (Å²) in [5.41, 5.74) is 6.48. The van der Waals surface area contributed by atoms with Gasteiger partial charge in [0.15, 0.2) is 9.84 Å². The summed E-state index contributed by atoms with van der Waals surface area (Å²) < 4.78 is 23.9. The van der Waals surface area contributed by atoms with Crippen LogP contribution in [0.25, 0.3) is 0 Å². The summed E-state index contributed by atoms with van der Waals surface area (Å²) in [5, 5.41) is 9.15. The molecule has 1 amide bonds. The fourth-order valence-electron chi connectivity index (χ4n) is 2.46. The van der Waals surface area contributed by atoms with E-state index in [1.165, 1.54) is 4.90 Å². The fourth-order valence-corrected chi connectivity index (χ4v) is 4.57. The van der Waals surface area contributed by atoms with Crippen molar-refractivity contribution in [1.29, 1.82) is 0 Å². The Morgan fingerprint density at radius 1 is 1.48 bits per heavy atom. The van der Waals surface area contributed by atoms with Crippen LogP contribution in [0.15, 0.2) is 22.7 Å². The second kappa shape index (κ2) is 6.33. The summed E-state index contributed by atoms with van der Waals surface area (Å²) >= 11 is 3.27. The minimum Gasteiger partial charge on any atom is -0.398 e. The van der Waals surface area contributed by atoms with Gasteiger partial charge < -0.3 is 15.7 Å². The van der Waals surface area contributed by atoms with Crippen molar-refractivity contribution < 1.29 is 18.3 Å². The summed E-state index contributed by atoms with van der Waals surface area (Å²) in [5.74, 6) is -0.339. The van der Waals surface area contributed by atoms with Crippen LogP contribution in [0.4, 0.5) is 5.69 Å². The number of aliphatic hydroxyl groups is 1. The standard InChI is InChI=1S/C13H17BrN2O4S/c14-9-1-2-11(12(15)7-9)13(18)16(4-5-17)10-3-6-21(19,20)8-10/h1-2,7,10,17H,3-6,8,15H2. The molecular formula is C13H17BrN2O4S. The fraction of sp³-hybridized carbons (Fsp3) is 0.462. The molecule has 0 aromatic heterocycles. The minimum absolute atomic E-state index is 0.0603. The van der Waals surface area contributed by atoms with E-state index < -0.39 is 15.9 Å². The number of sulfone groups is 1. The number of aliphatic hydroxyl groups excluding tert-OH is 1. The smallest absolute Gasteiger partial charge is 0.256 e. The van der Waals surface area contributed by atoms with E-state index in [1.807, 2.05) is 0 Å². The van der Waals surface area contributed by atoms with Crippen LogP contribution in [0, 0.1) is 0 Å². The van der Waals surface area contributed by atoms with Crippen molar-refractivity contribution in [1.82, 2.24) is 4.90 Å². The minimum atomic E-state index is -3.11. The van der Waals surface area contributed by atoms with Gasteiger partial charge in [-0.25, -0.2) is 8.42 Å². The largest absolute Gasteiger partial charge is 0.398 e. The van der Waals surface area contributed by atoms with Crippen LogP contribution in [0.2, 0.25) is 0 Å². The Bertz CT molecular complexity index is 648. The molecule has 2 rings (SSSR count). The predicted molar refractivity (Wildman–Crippen MR) is 83.7 cm³/mol. The number of anilines is 1. The average molecular weight is 377 g/mol. The zero-order chi connectivity index (χ0) is 15.6. The molecule has 21 heavy (non-hydrogen) atoms. The van der Waals surface area contributed by atoms with Crippen LogP contribution in [-0.4, -0.2) is 55.0 Å². The zero-order valence-corrected chi connectivity index (χ0v) is 13.7. The number of amides is 1. The van der Waals surface area contributed by atoms with Gasteiger partial charge in [0.05, 0.1) is 23.7 Å². The first-order valence-electron chi connectivity index (χ1n) is 6.51. The summed E-state index contributed by atoms with van der Waals surface area (Å²) in [7, 11) is -3.11. The number of nitrogens with two attached hydrogens (primary N) is 1. The number of nitrogens with zero attached hydrogens (tertiary/aromatic N) is 1. The molecule has 0 saturated carbocycles. The first-order valence-corrected chi connectivity index (χ1v) is 9.13. The normalized spacial score (nSPS) is 20.4. The van der Waals surface area contributed by atoms with Crippen LogP contribution in [-0.2, 0) is 9.84 Å². The number of halogens is 1. The lowest BCUT2D eigenvalue weighted by molar-refractivity contribution is 0.0656. The number of hydrogen-bond acceptors (Lipinski definition) is 5. The Kier molecular flexibility index (Phi) is 4.90. The molecule has 3 N–H and O–H groups in total. The van der Waals surface area contributed by atoms with Crippen molar-refractivity contribution in [3.05, 3.63) is 28.2 Å². The molecule has 1 aliphatic heterocycles. The molecule has 6 nitrogen and oxygen atoms in total. The third-order valence-corrected chi connectivity index (χ3v) is 5.74. The molecule has 1 unspecified atom stereocenters. The molecule has 1 saturated heterocycles. The molecule has 1 aromatic rings. The van der Waals surface area contributed by atoms with E-state index in [0.29, 0.717) is 17.7 Å². The molecule has 1 fully saturated rings. The number of nitrogen functional groups attached to an aromatic ring is 1. The maximum absolute atomic E-state index is 12.6. The van der Waals surface area contributed by atoms with Gasteiger partial charge in [-0.3, -0.25) is 4.79 Å². The maximum Gasteiger partial charge on any atom is 0.256 e. The zero-order valence-electron chi connectivity index (χ0n) is 11.3. The highest BCUT2D eigenvalue weighted by Gasteiger charge is 2.35. The molecule has 0 radical (unpaired) electrons. The first kappa shape index (κ1) is 16.3. The van der Waals surface area contributed by atoms with E-state index in [4.69, 9.17) is 10.8 Å². The lowest BCUT2D eigenvalue weighted by Gasteiger charge is -2.28. The first-order chi connectivity index (χ1) is 9.84. The molecule has 116 valence electrons. The molecule has 0 aliphatic carbocycles. The molecule has 0 spiro atoms. The molecule has 1 aliphatic rings. The van der Waals surface area contributed by atoms with Gasteiger partial charge in [0.1, 0.15) is 0 Å². The van der Waals surface area contributed by atoms with Crippen LogP contribution in [0.1, 0.15) is 16.8 Å². The highest BCUT2D eigenvalue weighted by atomic mass is 79.9. The maximum atomic E-state index is 12.6. The van der Waals surface area contributed by atoms with Crippen LogP contribution in [0.3, 0.4) is 0 Å². The lowest BCUT2D eigenvalue weighted by Crippen LogP contribution is -2.43. The molecule has 1 atom stereocenters. The number of benzene rings is 1. The van der Waals surface area contributed by atoms with E-state index >= 15 is 0 Å². The third-order valence-electron chi connectivity index (χ3n) is 3.49. The van der Waals surface area contributed by atoms with Crippen molar-refractivity contribution in [3.8, 4) is 0 Å². The third kappa shape index (κ3) is 3.75. The Morgan fingerprint density at radius 3 is 2.71 bits per heavy atom. The number of hydrogen-bond donors (Lipinski definition) is 2. The molecule has 8 heteroatoms. The summed E-state index contributed by atoms with van der Waals surface area (Å²) in [6.45, 7) is -0.132. The van der Waals surface area contributed by atoms with Gasteiger partial charge in [-0.2, -0.15) is 0 Å². The molecular weight excluding hydrogens is 360 g/mol. The van der Waals surface area contributed by atoms with Crippen molar-refractivity contribution >= 4 is 37.4 Å². The second-order valence-corrected chi connectivity index (χ2v) is 8.15. The van der Waals surface area contributed by atoms with Gasteiger partial charge in [-0.05, 0) is 24.6 Å². The van der Waals surface area contributed by atoms with E-state index in [0.717, 1.165) is 4.47 Å². The van der Waals surface area contributed by atoms with Crippen molar-refractivity contribution in [3.63, 3.8) is 0 Å². The molecule has 0 bridgehead atoms. The van der Waals surface area contributed by atoms with Crippen molar-refractivity contribution in [2.75, 3.05) is 30.4 Å². The van der Waals surface area contributed by atoms with Gasteiger partial charge >= 0.3 is 0 Å². The lowest BCUT2D eigenvalue weighted by atomic mass is 10.1. The van der Waals surface area contributed by atoms with E-state index in [9.17, 15) is 13.2 Å². The van der Waals surface area contributed by atoms with Gasteiger partial charge in [0.2, 0.25) is 0 Å². The van der Waals surface area contributed by atoms with Gasteiger partial charge in [-0.1, -0.05) is 15.9 Å². The Balaban J connectivity index is 2.27. The number of carbonyl (C=O) groups excluding carboxylic acids is 1. The van der Waals surface area contributed by atoms with E-state index in [-0.39, 0.29) is 30.6 Å². The Morgan fingerprint density at radius 2 is 2.19 bits per heavy atom. The quantitative estimate of drug-likeness (QED) is 0.751. The summed E-state index contributed by atoms with van der Waals surface area (Å²) in [4.78, 5) is 14.0. The van der Waals surface area contributed by atoms with Crippen LogP contribution in [0.5, 0.6) is 0 Å². The molecule has 1 heterocycles. The van der Waals surface area contributed by atoms with Crippen molar-refractivity contribution in [2.45, 2.75) is 12.5 Å². The SMILES string of the molecule is Nc1cc(Br)ccc1C(=O)N(CCO)C1CCS(=O)(=O)C1. The van der Waals surface area contributed by atoms with Crippen LogP contribution >= 0.6 is 15.9 Å². The average Bonchev–Trinajstić information content (AvgIpc) is 2.75. The van der Waals surface area contributed by atoms with Crippen molar-refractivity contribution in [2.24, 2.45) is 0 Å². The predicted octanol–water partition coefficient (Wildman–Crippen LogP) is 0.653. The molecule has 1 aromatic carbocycles. The van der Waals surface area contributed by atoms with Gasteiger partial charge in [-0.15, -0.1) is 0 Å². The second-order valence-electron chi connectivity index (χ2n) is 5.01. The Hall–Kier alpha value is -1.12. The number of carbonyl (C=O) groups is 1. The van der Waals surface area contributed by atoms with Gasteiger partial charge in [0, 0.05) is 22.7 Å². The van der Waals surface area contributed by atoms with E-state index in [1.54, 1.807) is 18.2 Å². The van der Waals surface area contributed by atoms with Crippen LogP contribution < -0.4 is 5.73 Å². The number of rotatable bonds is 4. The highest BCUT2D eigenvalue weighted by molar-refractivity contribution is 9.10. The Labute approximate surface area is 132 Å². The topological polar surface area (TPSA) is 101 Å². The highest BCUT2D eigenvalue weighted by Crippen LogP contribution is 2.24.